The van der Waals surface area contributed by atoms with Crippen LogP contribution >= 0.6 is 23.1 Å². The minimum atomic E-state index is -0.168. The van der Waals surface area contributed by atoms with Crippen molar-refractivity contribution in [3.63, 3.8) is 0 Å². The molecule has 0 saturated carbocycles. The van der Waals surface area contributed by atoms with Crippen molar-refractivity contribution in [1.82, 2.24) is 4.98 Å². The Morgan fingerprint density at radius 2 is 2.19 bits per heavy atom. The molecular formula is C20H21N3OS2. The Labute approximate surface area is 161 Å². The Kier molecular flexibility index (Phi) is 4.63. The first-order valence-electron chi connectivity index (χ1n) is 8.72. The molecule has 0 aliphatic heterocycles. The Bertz CT molecular complexity index is 996. The van der Waals surface area contributed by atoms with Crippen LogP contribution in [0.4, 0.5) is 11.4 Å². The molecule has 4 rings (SSSR count). The SMILES string of the molecule is CSc1ccccc1NC(=O)c1sc2nc3c(cc2c1N)CC(C)CC3. The quantitative estimate of drug-likeness (QED) is 0.626. The molecule has 0 fully saturated rings. The summed E-state index contributed by atoms with van der Waals surface area (Å²) in [4.78, 5) is 20.1. The number of aromatic nitrogens is 1. The number of carbonyl (C=O) groups excluding carboxylic acids is 1. The largest absolute Gasteiger partial charge is 0.397 e. The minimum absolute atomic E-state index is 0.168. The second kappa shape index (κ2) is 6.93. The van der Waals surface area contributed by atoms with Crippen LogP contribution in [0.2, 0.25) is 0 Å². The molecule has 3 N–H and O–H groups in total. The maximum absolute atomic E-state index is 12.8. The van der Waals surface area contributed by atoms with E-state index in [-0.39, 0.29) is 5.91 Å². The van der Waals surface area contributed by atoms with Gasteiger partial charge in [0.25, 0.3) is 5.91 Å². The van der Waals surface area contributed by atoms with Gasteiger partial charge in [-0.25, -0.2) is 4.98 Å². The summed E-state index contributed by atoms with van der Waals surface area (Å²) in [6.07, 6.45) is 5.21. The number of hydrogen-bond donors (Lipinski definition) is 2. The zero-order valence-electron chi connectivity index (χ0n) is 14.8. The van der Waals surface area contributed by atoms with Crippen LogP contribution in [0.1, 0.15) is 34.3 Å². The second-order valence-electron chi connectivity index (χ2n) is 6.79. The van der Waals surface area contributed by atoms with Crippen molar-refractivity contribution < 1.29 is 4.79 Å². The summed E-state index contributed by atoms with van der Waals surface area (Å²) in [5, 5.41) is 3.91. The molecule has 1 atom stereocenters. The van der Waals surface area contributed by atoms with E-state index >= 15 is 0 Å². The molecule has 0 saturated heterocycles. The van der Waals surface area contributed by atoms with Crippen LogP contribution in [-0.4, -0.2) is 17.1 Å². The summed E-state index contributed by atoms with van der Waals surface area (Å²) in [5.41, 5.74) is 10.1. The number of thiophene rings is 1. The van der Waals surface area contributed by atoms with Crippen molar-refractivity contribution in [2.24, 2.45) is 5.92 Å². The maximum Gasteiger partial charge on any atom is 0.267 e. The lowest BCUT2D eigenvalue weighted by atomic mass is 9.87. The molecular weight excluding hydrogens is 362 g/mol. The van der Waals surface area contributed by atoms with E-state index in [2.05, 4.69) is 18.3 Å². The number of thioether (sulfide) groups is 1. The molecule has 2 aromatic heterocycles. The molecule has 3 aromatic rings. The van der Waals surface area contributed by atoms with Crippen LogP contribution in [0.5, 0.6) is 0 Å². The van der Waals surface area contributed by atoms with Crippen molar-refractivity contribution in [3.05, 3.63) is 46.5 Å². The third-order valence-corrected chi connectivity index (χ3v) is 6.80. The Hall–Kier alpha value is -2.05. The summed E-state index contributed by atoms with van der Waals surface area (Å²) in [6.45, 7) is 2.27. The monoisotopic (exact) mass is 383 g/mol. The first-order valence-corrected chi connectivity index (χ1v) is 10.8. The van der Waals surface area contributed by atoms with Crippen molar-refractivity contribution in [3.8, 4) is 0 Å². The van der Waals surface area contributed by atoms with Gasteiger partial charge in [0.2, 0.25) is 0 Å². The molecule has 0 bridgehead atoms. The number of carbonyl (C=O) groups is 1. The van der Waals surface area contributed by atoms with Crippen LogP contribution in [-0.2, 0) is 12.8 Å². The molecule has 1 unspecified atom stereocenters. The predicted octanol–water partition coefficient (Wildman–Crippen LogP) is 4.98. The highest BCUT2D eigenvalue weighted by Crippen LogP contribution is 2.37. The van der Waals surface area contributed by atoms with Crippen molar-refractivity contribution >= 4 is 50.6 Å². The number of aryl methyl sites for hydroxylation is 1. The zero-order chi connectivity index (χ0) is 18.3. The van der Waals surface area contributed by atoms with E-state index in [4.69, 9.17) is 10.7 Å². The van der Waals surface area contributed by atoms with Gasteiger partial charge < -0.3 is 11.1 Å². The second-order valence-corrected chi connectivity index (χ2v) is 8.64. The topological polar surface area (TPSA) is 68.0 Å². The number of nitrogens with one attached hydrogen (secondary N) is 1. The van der Waals surface area contributed by atoms with E-state index in [0.717, 1.165) is 39.3 Å². The molecule has 6 heteroatoms. The van der Waals surface area contributed by atoms with Gasteiger partial charge in [0.15, 0.2) is 0 Å². The number of nitrogens with two attached hydrogens (primary N) is 1. The number of hydrogen-bond acceptors (Lipinski definition) is 5. The first-order chi connectivity index (χ1) is 12.6. The molecule has 1 aliphatic rings. The molecule has 134 valence electrons. The number of pyridine rings is 1. The van der Waals surface area contributed by atoms with Gasteiger partial charge in [-0.15, -0.1) is 23.1 Å². The summed E-state index contributed by atoms with van der Waals surface area (Å²) in [6, 6.07) is 9.92. The molecule has 2 heterocycles. The fourth-order valence-corrected chi connectivity index (χ4v) is 5.01. The van der Waals surface area contributed by atoms with Gasteiger partial charge in [-0.3, -0.25) is 4.79 Å². The summed E-state index contributed by atoms with van der Waals surface area (Å²) >= 11 is 2.99. The van der Waals surface area contributed by atoms with E-state index in [9.17, 15) is 4.79 Å². The molecule has 26 heavy (non-hydrogen) atoms. The Balaban J connectivity index is 1.70. The van der Waals surface area contributed by atoms with Gasteiger partial charge >= 0.3 is 0 Å². The number of nitrogens with zero attached hydrogens (tertiary/aromatic N) is 1. The van der Waals surface area contributed by atoms with Crippen LogP contribution in [0.3, 0.4) is 0 Å². The number of fused-ring (bicyclic) bond motifs is 2. The minimum Gasteiger partial charge on any atom is -0.397 e. The lowest BCUT2D eigenvalue weighted by Gasteiger charge is -2.20. The lowest BCUT2D eigenvalue weighted by molar-refractivity contribution is 0.103. The first kappa shape index (κ1) is 17.4. The van der Waals surface area contributed by atoms with Crippen molar-refractivity contribution in [2.45, 2.75) is 31.1 Å². The van der Waals surface area contributed by atoms with E-state index in [0.29, 0.717) is 16.5 Å². The highest BCUT2D eigenvalue weighted by molar-refractivity contribution is 7.98. The molecule has 0 spiro atoms. The van der Waals surface area contributed by atoms with Gasteiger partial charge in [-0.2, -0.15) is 0 Å². The molecule has 0 radical (unpaired) electrons. The third-order valence-electron chi connectivity index (χ3n) is 4.89. The fourth-order valence-electron chi connectivity index (χ4n) is 3.47. The van der Waals surface area contributed by atoms with Crippen LogP contribution in [0.25, 0.3) is 10.2 Å². The van der Waals surface area contributed by atoms with E-state index in [1.165, 1.54) is 23.3 Å². The van der Waals surface area contributed by atoms with Crippen molar-refractivity contribution in [1.29, 1.82) is 0 Å². The molecule has 1 aliphatic carbocycles. The predicted molar refractivity (Wildman–Crippen MR) is 111 cm³/mol. The maximum atomic E-state index is 12.8. The highest BCUT2D eigenvalue weighted by Gasteiger charge is 2.22. The standard InChI is InChI=1S/C20H21N3OS2/c1-11-7-8-14-12(9-11)10-13-17(21)18(26-20(13)23-14)19(24)22-15-5-3-4-6-16(15)25-2/h3-6,10-11H,7-9,21H2,1-2H3,(H,22,24). The third kappa shape index (κ3) is 3.08. The highest BCUT2D eigenvalue weighted by atomic mass is 32.2. The van der Waals surface area contributed by atoms with Gasteiger partial charge in [-0.05, 0) is 55.2 Å². The van der Waals surface area contributed by atoms with E-state index in [1.54, 1.807) is 11.8 Å². The smallest absolute Gasteiger partial charge is 0.267 e. The number of nitrogen functional groups attached to an aromatic ring is 1. The number of anilines is 2. The average Bonchev–Trinajstić information content (AvgIpc) is 2.96. The van der Waals surface area contributed by atoms with Gasteiger partial charge in [0.1, 0.15) is 9.71 Å². The van der Waals surface area contributed by atoms with Crippen LogP contribution < -0.4 is 11.1 Å². The number of para-hydroxylation sites is 1. The van der Waals surface area contributed by atoms with Crippen molar-refractivity contribution in [2.75, 3.05) is 17.3 Å². The van der Waals surface area contributed by atoms with Gasteiger partial charge in [0, 0.05) is 16.0 Å². The Morgan fingerprint density at radius 1 is 1.38 bits per heavy atom. The summed E-state index contributed by atoms with van der Waals surface area (Å²) < 4.78 is 0. The van der Waals surface area contributed by atoms with Crippen LogP contribution in [0.15, 0.2) is 35.2 Å². The lowest BCUT2D eigenvalue weighted by Crippen LogP contribution is -2.13. The number of amides is 1. The van der Waals surface area contributed by atoms with Crippen LogP contribution in [0, 0.1) is 5.92 Å². The van der Waals surface area contributed by atoms with Gasteiger partial charge in [-0.1, -0.05) is 19.1 Å². The van der Waals surface area contributed by atoms with E-state index in [1.807, 2.05) is 30.5 Å². The molecule has 4 nitrogen and oxygen atoms in total. The molecule has 1 amide bonds. The van der Waals surface area contributed by atoms with Gasteiger partial charge in [0.05, 0.1) is 11.4 Å². The fraction of sp³-hybridized carbons (Fsp3) is 0.300. The normalized spacial score (nSPS) is 16.5. The average molecular weight is 384 g/mol. The summed E-state index contributed by atoms with van der Waals surface area (Å²) in [5.74, 6) is 0.505. The molecule has 1 aromatic carbocycles. The van der Waals surface area contributed by atoms with E-state index < -0.39 is 0 Å². The number of rotatable bonds is 3. The Morgan fingerprint density at radius 3 is 3.00 bits per heavy atom. The summed E-state index contributed by atoms with van der Waals surface area (Å²) in [7, 11) is 0. The zero-order valence-corrected chi connectivity index (χ0v) is 16.5. The number of benzene rings is 1.